The molecule has 0 radical (unpaired) electrons. The lowest BCUT2D eigenvalue weighted by atomic mass is 10.1. The molecule has 0 aliphatic rings. The van der Waals surface area contributed by atoms with Gasteiger partial charge >= 0.3 is 12.1 Å². The summed E-state index contributed by atoms with van der Waals surface area (Å²) in [5, 5.41) is 10.7. The fraction of sp³-hybridized carbons (Fsp3) is 0.833. The molecule has 0 spiro atoms. The molecule has 80 valence electrons. The molecule has 0 aliphatic carbocycles. The Morgan fingerprint density at radius 3 is 2.23 bits per heavy atom. The molecule has 0 amide bonds. The highest BCUT2D eigenvalue weighted by molar-refractivity contribution is 5.85. The Bertz CT molecular complexity index is 162. The molecule has 0 saturated carbocycles. The van der Waals surface area contributed by atoms with Gasteiger partial charge in [-0.25, -0.2) is 0 Å². The molecule has 0 rings (SSSR count). The van der Waals surface area contributed by atoms with Crippen LogP contribution in [0.3, 0.4) is 0 Å². The molecule has 0 saturated heterocycles. The number of nitrogens with one attached hydrogen (secondary N) is 1. The van der Waals surface area contributed by atoms with Gasteiger partial charge in [-0.05, 0) is 7.05 Å². The van der Waals surface area contributed by atoms with Crippen LogP contribution in [0.5, 0.6) is 0 Å². The van der Waals surface area contributed by atoms with Crippen LogP contribution in [0.1, 0.15) is 6.42 Å². The Hall–Kier alpha value is -0.490. The summed E-state index contributed by atoms with van der Waals surface area (Å²) in [6, 6.07) is 0. The number of carboxylic acid groups (broad SMARTS) is 1. The second-order valence-corrected chi connectivity index (χ2v) is 2.41. The highest BCUT2D eigenvalue weighted by Crippen LogP contribution is 2.24. The maximum atomic E-state index is 11.7. The van der Waals surface area contributed by atoms with Crippen molar-refractivity contribution in [1.29, 1.82) is 0 Å². The second-order valence-electron chi connectivity index (χ2n) is 2.41. The van der Waals surface area contributed by atoms with Crippen LogP contribution >= 0.6 is 12.4 Å². The zero-order valence-electron chi connectivity index (χ0n) is 6.89. The molecule has 0 bridgehead atoms. The summed E-state index contributed by atoms with van der Waals surface area (Å²) in [6.45, 7) is -0.172. The zero-order chi connectivity index (χ0) is 9.78. The summed E-state index contributed by atoms with van der Waals surface area (Å²) in [4.78, 5) is 10.2. The van der Waals surface area contributed by atoms with E-state index in [4.69, 9.17) is 5.11 Å². The van der Waals surface area contributed by atoms with Crippen molar-refractivity contribution in [2.75, 3.05) is 13.6 Å². The number of rotatable bonds is 4. The minimum Gasteiger partial charge on any atom is -0.481 e. The minimum absolute atomic E-state index is 0. The molecule has 0 fully saturated rings. The van der Waals surface area contributed by atoms with E-state index in [0.717, 1.165) is 0 Å². The maximum absolute atomic E-state index is 11.7. The van der Waals surface area contributed by atoms with Crippen LogP contribution in [-0.4, -0.2) is 30.8 Å². The van der Waals surface area contributed by atoms with E-state index in [1.807, 2.05) is 0 Å². The first-order valence-corrected chi connectivity index (χ1v) is 3.31. The van der Waals surface area contributed by atoms with Gasteiger partial charge in [0.25, 0.3) is 0 Å². The molecule has 1 atom stereocenters. The molecule has 3 nitrogen and oxygen atoms in total. The van der Waals surface area contributed by atoms with Gasteiger partial charge in [0, 0.05) is 6.54 Å². The van der Waals surface area contributed by atoms with Gasteiger partial charge < -0.3 is 10.4 Å². The summed E-state index contributed by atoms with van der Waals surface area (Å²) in [5.74, 6) is -2.82. The first-order chi connectivity index (χ1) is 5.37. The second kappa shape index (κ2) is 6.04. The average Bonchev–Trinajstić information content (AvgIpc) is 1.83. The van der Waals surface area contributed by atoms with Crippen molar-refractivity contribution in [3.8, 4) is 0 Å². The summed E-state index contributed by atoms with van der Waals surface area (Å²) >= 11 is 0. The van der Waals surface area contributed by atoms with Crippen LogP contribution in [0.25, 0.3) is 0 Å². The summed E-state index contributed by atoms with van der Waals surface area (Å²) in [6.07, 6.45) is -5.71. The number of carbonyl (C=O) groups is 1. The molecule has 7 heteroatoms. The van der Waals surface area contributed by atoms with E-state index < -0.39 is 24.5 Å². The van der Waals surface area contributed by atoms with Crippen molar-refractivity contribution in [3.63, 3.8) is 0 Å². The summed E-state index contributed by atoms with van der Waals surface area (Å²) < 4.78 is 35.1. The topological polar surface area (TPSA) is 49.3 Å². The molecule has 0 aliphatic heterocycles. The van der Waals surface area contributed by atoms with Crippen LogP contribution < -0.4 is 5.32 Å². The highest BCUT2D eigenvalue weighted by Gasteiger charge is 2.34. The van der Waals surface area contributed by atoms with Crippen LogP contribution in [-0.2, 0) is 4.79 Å². The Labute approximate surface area is 79.7 Å². The number of hydrogen-bond acceptors (Lipinski definition) is 2. The predicted molar refractivity (Wildman–Crippen MR) is 43.0 cm³/mol. The monoisotopic (exact) mass is 221 g/mol. The molecule has 0 aromatic carbocycles. The Balaban J connectivity index is 0. The van der Waals surface area contributed by atoms with Crippen LogP contribution in [0.15, 0.2) is 0 Å². The summed E-state index contributed by atoms with van der Waals surface area (Å²) in [7, 11) is 1.41. The van der Waals surface area contributed by atoms with Crippen molar-refractivity contribution in [3.05, 3.63) is 0 Å². The third-order valence-corrected chi connectivity index (χ3v) is 1.28. The Morgan fingerprint density at radius 1 is 1.54 bits per heavy atom. The number of alkyl halides is 3. The number of hydrogen-bond donors (Lipinski definition) is 2. The third kappa shape index (κ3) is 7.86. The van der Waals surface area contributed by atoms with Crippen LogP contribution in [0.2, 0.25) is 0 Å². The van der Waals surface area contributed by atoms with Crippen molar-refractivity contribution >= 4 is 18.4 Å². The van der Waals surface area contributed by atoms with E-state index in [-0.39, 0.29) is 19.0 Å². The smallest absolute Gasteiger partial charge is 0.390 e. The number of aliphatic carboxylic acids is 1. The maximum Gasteiger partial charge on any atom is 0.390 e. The van der Waals surface area contributed by atoms with Crippen molar-refractivity contribution < 1.29 is 23.1 Å². The molecule has 0 heterocycles. The van der Waals surface area contributed by atoms with E-state index in [1.54, 1.807) is 0 Å². The van der Waals surface area contributed by atoms with Gasteiger partial charge in [-0.15, -0.1) is 12.4 Å². The van der Waals surface area contributed by atoms with Gasteiger partial charge in [0.05, 0.1) is 12.3 Å². The van der Waals surface area contributed by atoms with E-state index in [0.29, 0.717) is 0 Å². The molecule has 13 heavy (non-hydrogen) atoms. The fourth-order valence-electron chi connectivity index (χ4n) is 0.773. The Kier molecular flexibility index (Phi) is 6.97. The molecular formula is C6H11ClF3NO2. The van der Waals surface area contributed by atoms with E-state index in [9.17, 15) is 18.0 Å². The number of halogens is 4. The van der Waals surface area contributed by atoms with Crippen LogP contribution in [0.4, 0.5) is 13.2 Å². The minimum atomic E-state index is -4.42. The van der Waals surface area contributed by atoms with Gasteiger partial charge in [0.2, 0.25) is 0 Å². The molecule has 0 aromatic heterocycles. The van der Waals surface area contributed by atoms with Gasteiger partial charge in [-0.3, -0.25) is 4.79 Å². The van der Waals surface area contributed by atoms with E-state index in [1.165, 1.54) is 7.05 Å². The van der Waals surface area contributed by atoms with E-state index >= 15 is 0 Å². The van der Waals surface area contributed by atoms with Crippen LogP contribution in [0, 0.1) is 5.92 Å². The first-order valence-electron chi connectivity index (χ1n) is 3.31. The fourth-order valence-corrected chi connectivity index (χ4v) is 0.773. The van der Waals surface area contributed by atoms with Gasteiger partial charge in [-0.1, -0.05) is 0 Å². The Morgan fingerprint density at radius 2 is 2.00 bits per heavy atom. The molecule has 0 aromatic rings. The molecule has 1 unspecified atom stereocenters. The standard InChI is InChI=1S/C6H10F3NO2.ClH/c1-10-3-4(5(11)12)2-6(7,8)9;/h4,10H,2-3H2,1H3,(H,11,12);1H. The van der Waals surface area contributed by atoms with Crippen molar-refractivity contribution in [2.45, 2.75) is 12.6 Å². The van der Waals surface area contributed by atoms with E-state index in [2.05, 4.69) is 5.32 Å². The molecular weight excluding hydrogens is 211 g/mol. The highest BCUT2D eigenvalue weighted by atomic mass is 35.5. The van der Waals surface area contributed by atoms with Gasteiger partial charge in [0.1, 0.15) is 0 Å². The largest absolute Gasteiger partial charge is 0.481 e. The normalized spacial score (nSPS) is 13.2. The SMILES string of the molecule is CNCC(CC(F)(F)F)C(=O)O.Cl. The number of carboxylic acids is 1. The molecule has 2 N–H and O–H groups in total. The predicted octanol–water partition coefficient (Wildman–Crippen LogP) is 1.28. The summed E-state index contributed by atoms with van der Waals surface area (Å²) in [5.41, 5.74) is 0. The van der Waals surface area contributed by atoms with Gasteiger partial charge in [0.15, 0.2) is 0 Å². The lowest BCUT2D eigenvalue weighted by Crippen LogP contribution is -2.30. The van der Waals surface area contributed by atoms with Gasteiger partial charge in [-0.2, -0.15) is 13.2 Å². The third-order valence-electron chi connectivity index (χ3n) is 1.28. The van der Waals surface area contributed by atoms with Crippen molar-refractivity contribution in [2.24, 2.45) is 5.92 Å². The lowest BCUT2D eigenvalue weighted by molar-refractivity contribution is -0.163. The average molecular weight is 222 g/mol. The van der Waals surface area contributed by atoms with Crippen molar-refractivity contribution in [1.82, 2.24) is 5.32 Å². The first kappa shape index (κ1) is 15.0. The zero-order valence-corrected chi connectivity index (χ0v) is 7.71. The quantitative estimate of drug-likeness (QED) is 0.752. The lowest BCUT2D eigenvalue weighted by Gasteiger charge is -2.13.